The molecular weight excluding hydrogens is 452 g/mol. The Balaban J connectivity index is 1.15. The molecule has 0 spiro atoms. The first-order valence-corrected chi connectivity index (χ1v) is 13.6. The summed E-state index contributed by atoms with van der Waals surface area (Å²) < 4.78 is 0. The van der Waals surface area contributed by atoms with E-state index in [9.17, 15) is 4.79 Å². The Hall–Kier alpha value is -3.69. The Bertz CT molecular complexity index is 1270. The fourth-order valence-electron chi connectivity index (χ4n) is 6.32. The molecule has 0 aromatic heterocycles. The number of likely N-dealkylation sites (tertiary alicyclic amines) is 1. The monoisotopic (exact) mass is 486 g/mol. The summed E-state index contributed by atoms with van der Waals surface area (Å²) in [5, 5.41) is 0. The van der Waals surface area contributed by atoms with Crippen LogP contribution in [0.15, 0.2) is 115 Å². The van der Waals surface area contributed by atoms with Gasteiger partial charge in [-0.25, -0.2) is 0 Å². The highest BCUT2D eigenvalue weighted by molar-refractivity contribution is 6.00. The van der Waals surface area contributed by atoms with Crippen LogP contribution in [-0.4, -0.2) is 41.4 Å². The number of nitrogens with zero attached hydrogens (tertiary/aromatic N) is 2. The van der Waals surface area contributed by atoms with Crippen molar-refractivity contribution in [3.05, 3.63) is 143 Å². The third-order valence-corrected chi connectivity index (χ3v) is 8.20. The highest BCUT2D eigenvalue weighted by Gasteiger charge is 2.42. The molecule has 1 unspecified atom stereocenters. The van der Waals surface area contributed by atoms with Gasteiger partial charge in [0.2, 0.25) is 0 Å². The maximum absolute atomic E-state index is 13.6. The number of hydrogen-bond donors (Lipinski definition) is 0. The summed E-state index contributed by atoms with van der Waals surface area (Å²) in [5.41, 5.74) is 5.99. The number of carbonyl (C=O) groups is 1. The third-order valence-electron chi connectivity index (χ3n) is 8.20. The predicted molar refractivity (Wildman–Crippen MR) is 150 cm³/mol. The Morgan fingerprint density at radius 2 is 1.22 bits per heavy atom. The molecule has 4 aromatic carbocycles. The molecule has 0 aliphatic carbocycles. The molecule has 0 N–H and O–H groups in total. The molecule has 37 heavy (non-hydrogen) atoms. The second-order valence-electron chi connectivity index (χ2n) is 10.3. The Morgan fingerprint density at radius 3 is 1.84 bits per heavy atom. The number of fused-ring (bicyclic) bond motifs is 1. The minimum absolute atomic E-state index is 0.0157. The second-order valence-corrected chi connectivity index (χ2v) is 10.3. The quantitative estimate of drug-likeness (QED) is 0.283. The summed E-state index contributed by atoms with van der Waals surface area (Å²) in [5.74, 6) is 0.591. The van der Waals surface area contributed by atoms with Crippen molar-refractivity contribution >= 4 is 5.91 Å². The van der Waals surface area contributed by atoms with Crippen molar-refractivity contribution in [3.8, 4) is 0 Å². The van der Waals surface area contributed by atoms with E-state index in [2.05, 4.69) is 107 Å². The molecule has 0 radical (unpaired) electrons. The molecule has 1 atom stereocenters. The van der Waals surface area contributed by atoms with Gasteiger partial charge in [-0.2, -0.15) is 0 Å². The van der Waals surface area contributed by atoms with Crippen LogP contribution in [0.25, 0.3) is 0 Å². The summed E-state index contributed by atoms with van der Waals surface area (Å²) in [6.45, 7) is 3.13. The fraction of sp³-hybridized carbons (Fsp3) is 0.265. The molecular formula is C34H34N2O. The molecule has 2 heterocycles. The predicted octanol–water partition coefficient (Wildman–Crippen LogP) is 6.92. The van der Waals surface area contributed by atoms with Gasteiger partial charge in [0, 0.05) is 30.6 Å². The van der Waals surface area contributed by atoms with Crippen LogP contribution in [0.5, 0.6) is 0 Å². The number of piperidine rings is 1. The van der Waals surface area contributed by atoms with Gasteiger partial charge in [-0.1, -0.05) is 109 Å². The van der Waals surface area contributed by atoms with Crippen molar-refractivity contribution < 1.29 is 4.79 Å². The molecule has 2 aliphatic rings. The van der Waals surface area contributed by atoms with E-state index in [-0.39, 0.29) is 18.0 Å². The highest BCUT2D eigenvalue weighted by Crippen LogP contribution is 2.41. The van der Waals surface area contributed by atoms with E-state index in [1.807, 2.05) is 18.2 Å². The largest absolute Gasteiger partial charge is 0.324 e. The van der Waals surface area contributed by atoms with Crippen LogP contribution in [-0.2, 0) is 0 Å². The minimum atomic E-state index is 0.0157. The highest BCUT2D eigenvalue weighted by atomic mass is 16.2. The van der Waals surface area contributed by atoms with E-state index in [4.69, 9.17) is 0 Å². The molecule has 2 aliphatic heterocycles. The van der Waals surface area contributed by atoms with Gasteiger partial charge >= 0.3 is 0 Å². The lowest BCUT2D eigenvalue weighted by Crippen LogP contribution is -2.46. The zero-order chi connectivity index (χ0) is 25.0. The topological polar surface area (TPSA) is 23.6 Å². The number of hydrogen-bond acceptors (Lipinski definition) is 2. The SMILES string of the molecule is O=C1c2ccccc2C(c2ccccc2)N1C1CCN(CCC(c2ccccc2)c2ccccc2)CC1. The van der Waals surface area contributed by atoms with Crippen LogP contribution in [0.4, 0.5) is 0 Å². The standard InChI is InChI=1S/C34H34N2O/c37-34-32-19-11-10-18-31(32)33(28-16-8-3-9-17-28)36(34)29-20-23-35(24-21-29)25-22-30(26-12-4-1-5-13-26)27-14-6-2-7-15-27/h1-19,29-30,33H,20-25H2. The maximum Gasteiger partial charge on any atom is 0.255 e. The first kappa shape index (κ1) is 23.7. The van der Waals surface area contributed by atoms with E-state index in [1.165, 1.54) is 16.7 Å². The summed E-state index contributed by atoms with van der Waals surface area (Å²) in [4.78, 5) is 18.4. The molecule has 3 heteroatoms. The number of benzene rings is 4. The zero-order valence-electron chi connectivity index (χ0n) is 21.2. The number of rotatable bonds is 7. The van der Waals surface area contributed by atoms with E-state index in [0.29, 0.717) is 5.92 Å². The number of amides is 1. The average molecular weight is 487 g/mol. The Morgan fingerprint density at radius 1 is 0.676 bits per heavy atom. The van der Waals surface area contributed by atoms with Gasteiger partial charge in [-0.15, -0.1) is 0 Å². The van der Waals surface area contributed by atoms with Crippen LogP contribution in [0.2, 0.25) is 0 Å². The van der Waals surface area contributed by atoms with Crippen LogP contribution in [0.3, 0.4) is 0 Å². The third kappa shape index (κ3) is 4.84. The van der Waals surface area contributed by atoms with Gasteiger partial charge in [-0.05, 0) is 54.1 Å². The van der Waals surface area contributed by atoms with Crippen LogP contribution in [0.1, 0.15) is 63.8 Å². The summed E-state index contributed by atoms with van der Waals surface area (Å²) in [6.07, 6.45) is 3.13. The molecule has 6 rings (SSSR count). The number of carbonyl (C=O) groups excluding carboxylic acids is 1. The van der Waals surface area contributed by atoms with E-state index in [0.717, 1.165) is 50.0 Å². The van der Waals surface area contributed by atoms with Crippen molar-refractivity contribution in [2.75, 3.05) is 19.6 Å². The molecule has 3 nitrogen and oxygen atoms in total. The summed E-state index contributed by atoms with van der Waals surface area (Å²) in [6, 6.07) is 40.8. The molecule has 1 amide bonds. The van der Waals surface area contributed by atoms with Crippen LogP contribution >= 0.6 is 0 Å². The van der Waals surface area contributed by atoms with E-state index < -0.39 is 0 Å². The molecule has 1 saturated heterocycles. The lowest BCUT2D eigenvalue weighted by molar-refractivity contribution is 0.0541. The van der Waals surface area contributed by atoms with Crippen LogP contribution < -0.4 is 0 Å². The van der Waals surface area contributed by atoms with Gasteiger partial charge in [-0.3, -0.25) is 4.79 Å². The van der Waals surface area contributed by atoms with Crippen molar-refractivity contribution in [2.24, 2.45) is 0 Å². The summed E-state index contributed by atoms with van der Waals surface area (Å²) >= 11 is 0. The van der Waals surface area contributed by atoms with Crippen LogP contribution in [0, 0.1) is 0 Å². The molecule has 0 saturated carbocycles. The Kier molecular flexibility index (Phi) is 6.88. The van der Waals surface area contributed by atoms with Gasteiger partial charge in [0.25, 0.3) is 5.91 Å². The fourth-order valence-corrected chi connectivity index (χ4v) is 6.32. The normalized spacial score (nSPS) is 18.4. The van der Waals surface area contributed by atoms with Crippen molar-refractivity contribution in [1.29, 1.82) is 0 Å². The van der Waals surface area contributed by atoms with E-state index >= 15 is 0 Å². The lowest BCUT2D eigenvalue weighted by Gasteiger charge is -2.40. The second kappa shape index (κ2) is 10.7. The summed E-state index contributed by atoms with van der Waals surface area (Å²) in [7, 11) is 0. The average Bonchev–Trinajstić information content (AvgIpc) is 3.27. The van der Waals surface area contributed by atoms with Gasteiger partial charge in [0.1, 0.15) is 0 Å². The minimum Gasteiger partial charge on any atom is -0.324 e. The molecule has 0 bridgehead atoms. The van der Waals surface area contributed by atoms with Gasteiger partial charge in [0.15, 0.2) is 0 Å². The smallest absolute Gasteiger partial charge is 0.255 e. The first-order chi connectivity index (χ1) is 18.3. The first-order valence-electron chi connectivity index (χ1n) is 13.6. The van der Waals surface area contributed by atoms with Crippen molar-refractivity contribution in [1.82, 2.24) is 9.80 Å². The molecule has 1 fully saturated rings. The molecule has 4 aromatic rings. The van der Waals surface area contributed by atoms with E-state index in [1.54, 1.807) is 0 Å². The zero-order valence-corrected chi connectivity index (χ0v) is 21.2. The van der Waals surface area contributed by atoms with Crippen molar-refractivity contribution in [3.63, 3.8) is 0 Å². The Labute approximate surface area is 220 Å². The van der Waals surface area contributed by atoms with Gasteiger partial charge < -0.3 is 9.80 Å². The maximum atomic E-state index is 13.6. The van der Waals surface area contributed by atoms with Gasteiger partial charge in [0.05, 0.1) is 6.04 Å². The lowest BCUT2D eigenvalue weighted by atomic mass is 9.88. The van der Waals surface area contributed by atoms with Crippen molar-refractivity contribution in [2.45, 2.75) is 37.3 Å². The molecule has 186 valence electrons.